The fraction of sp³-hybridized carbons (Fsp3) is 0.385. The maximum Gasteiger partial charge on any atom is 0.203 e. The first-order valence-electron chi connectivity index (χ1n) is 5.43. The molecule has 0 aliphatic rings. The van der Waals surface area contributed by atoms with Crippen molar-refractivity contribution >= 4 is 6.08 Å². The number of methoxy groups -OCH3 is 3. The van der Waals surface area contributed by atoms with Crippen LogP contribution in [0.3, 0.4) is 0 Å². The third kappa shape index (κ3) is 3.39. The largest absolute Gasteiger partial charge is 0.493 e. The third-order valence-corrected chi connectivity index (χ3v) is 2.33. The Morgan fingerprint density at radius 2 is 1.65 bits per heavy atom. The smallest absolute Gasteiger partial charge is 0.203 e. The van der Waals surface area contributed by atoms with Gasteiger partial charge in [0.05, 0.1) is 21.3 Å². The van der Waals surface area contributed by atoms with Crippen molar-refractivity contribution in [2.24, 2.45) is 5.73 Å². The molecule has 0 radical (unpaired) electrons. The van der Waals surface area contributed by atoms with E-state index < -0.39 is 0 Å². The lowest BCUT2D eigenvalue weighted by molar-refractivity contribution is 0.324. The highest BCUT2D eigenvalue weighted by Crippen LogP contribution is 2.38. The molecule has 2 N–H and O–H groups in total. The quantitative estimate of drug-likeness (QED) is 0.823. The molecule has 0 amide bonds. The molecule has 0 saturated carbocycles. The number of benzene rings is 1. The molecule has 0 unspecified atom stereocenters. The van der Waals surface area contributed by atoms with Gasteiger partial charge < -0.3 is 19.9 Å². The van der Waals surface area contributed by atoms with Crippen molar-refractivity contribution in [1.29, 1.82) is 0 Å². The van der Waals surface area contributed by atoms with Crippen LogP contribution in [0.4, 0.5) is 0 Å². The Kier molecular flexibility index (Phi) is 5.36. The summed E-state index contributed by atoms with van der Waals surface area (Å²) in [5.74, 6) is 1.91. The van der Waals surface area contributed by atoms with Crippen LogP contribution in [0.2, 0.25) is 0 Å². The summed E-state index contributed by atoms with van der Waals surface area (Å²) in [6.45, 7) is 0.640. The van der Waals surface area contributed by atoms with E-state index in [9.17, 15) is 0 Å². The predicted octanol–water partition coefficient (Wildman–Crippen LogP) is 2.07. The zero-order chi connectivity index (χ0) is 12.7. The average Bonchev–Trinajstić information content (AvgIpc) is 2.37. The number of nitrogens with two attached hydrogens (primary N) is 1. The summed E-state index contributed by atoms with van der Waals surface area (Å²) < 4.78 is 15.8. The van der Waals surface area contributed by atoms with Crippen molar-refractivity contribution in [2.75, 3.05) is 27.9 Å². The van der Waals surface area contributed by atoms with Gasteiger partial charge >= 0.3 is 0 Å². The van der Waals surface area contributed by atoms with Gasteiger partial charge in [-0.3, -0.25) is 0 Å². The Bertz CT molecular complexity index is 363. The molecule has 1 aromatic carbocycles. The molecule has 0 atom stereocenters. The SMILES string of the molecule is COc1cc(C=CCCN)cc(OC)c1OC. The van der Waals surface area contributed by atoms with Crippen LogP contribution in [0, 0.1) is 0 Å². The summed E-state index contributed by atoms with van der Waals surface area (Å²) in [6.07, 6.45) is 4.84. The second kappa shape index (κ2) is 6.81. The zero-order valence-corrected chi connectivity index (χ0v) is 10.5. The molecule has 4 heteroatoms. The van der Waals surface area contributed by atoms with Gasteiger partial charge in [-0.15, -0.1) is 0 Å². The van der Waals surface area contributed by atoms with Crippen molar-refractivity contribution in [3.63, 3.8) is 0 Å². The molecule has 0 bridgehead atoms. The molecule has 17 heavy (non-hydrogen) atoms. The van der Waals surface area contributed by atoms with Gasteiger partial charge in [0.25, 0.3) is 0 Å². The van der Waals surface area contributed by atoms with E-state index in [0.29, 0.717) is 23.8 Å². The molecule has 0 aromatic heterocycles. The van der Waals surface area contributed by atoms with Gasteiger partial charge in [0.15, 0.2) is 11.5 Å². The highest BCUT2D eigenvalue weighted by Gasteiger charge is 2.11. The highest BCUT2D eigenvalue weighted by molar-refractivity contribution is 5.62. The number of rotatable bonds is 6. The summed E-state index contributed by atoms with van der Waals surface area (Å²) in [7, 11) is 4.79. The predicted molar refractivity (Wildman–Crippen MR) is 68.8 cm³/mol. The van der Waals surface area contributed by atoms with Crippen LogP contribution >= 0.6 is 0 Å². The Balaban J connectivity index is 3.08. The van der Waals surface area contributed by atoms with Crippen LogP contribution in [0.5, 0.6) is 17.2 Å². The number of ether oxygens (including phenoxy) is 3. The van der Waals surface area contributed by atoms with E-state index in [1.807, 2.05) is 24.3 Å². The van der Waals surface area contributed by atoms with Gasteiger partial charge in [-0.05, 0) is 30.7 Å². The summed E-state index contributed by atoms with van der Waals surface area (Å²) in [5.41, 5.74) is 6.42. The van der Waals surface area contributed by atoms with E-state index >= 15 is 0 Å². The second-order valence-corrected chi connectivity index (χ2v) is 3.44. The monoisotopic (exact) mass is 237 g/mol. The summed E-state index contributed by atoms with van der Waals surface area (Å²) in [6, 6.07) is 3.79. The van der Waals surface area contributed by atoms with Crippen molar-refractivity contribution in [1.82, 2.24) is 0 Å². The first kappa shape index (κ1) is 13.4. The minimum absolute atomic E-state index is 0.603. The summed E-state index contributed by atoms with van der Waals surface area (Å²) >= 11 is 0. The topological polar surface area (TPSA) is 53.7 Å². The van der Waals surface area contributed by atoms with Crippen molar-refractivity contribution in [3.05, 3.63) is 23.8 Å². The van der Waals surface area contributed by atoms with E-state index in [2.05, 4.69) is 0 Å². The average molecular weight is 237 g/mol. The number of hydrogen-bond donors (Lipinski definition) is 1. The Hall–Kier alpha value is -1.68. The molecule has 0 aliphatic carbocycles. The van der Waals surface area contributed by atoms with Gasteiger partial charge in [0.2, 0.25) is 5.75 Å². The fourth-order valence-corrected chi connectivity index (χ4v) is 1.51. The molecular formula is C13H19NO3. The second-order valence-electron chi connectivity index (χ2n) is 3.44. The van der Waals surface area contributed by atoms with Crippen molar-refractivity contribution in [2.45, 2.75) is 6.42 Å². The van der Waals surface area contributed by atoms with Gasteiger partial charge in [-0.25, -0.2) is 0 Å². The van der Waals surface area contributed by atoms with E-state index in [1.54, 1.807) is 21.3 Å². The number of hydrogen-bond acceptors (Lipinski definition) is 4. The van der Waals surface area contributed by atoms with Gasteiger partial charge in [-0.2, -0.15) is 0 Å². The Labute approximate surface area is 102 Å². The van der Waals surface area contributed by atoms with Crippen LogP contribution in [0.15, 0.2) is 18.2 Å². The Morgan fingerprint density at radius 3 is 2.06 bits per heavy atom. The van der Waals surface area contributed by atoms with Crippen LogP contribution in [-0.4, -0.2) is 27.9 Å². The summed E-state index contributed by atoms with van der Waals surface area (Å²) in [4.78, 5) is 0. The molecule has 94 valence electrons. The lowest BCUT2D eigenvalue weighted by Crippen LogP contribution is -1.96. The summed E-state index contributed by atoms with van der Waals surface area (Å²) in [5, 5.41) is 0. The lowest BCUT2D eigenvalue weighted by atomic mass is 10.1. The zero-order valence-electron chi connectivity index (χ0n) is 10.5. The molecule has 4 nitrogen and oxygen atoms in total. The molecule has 0 saturated heterocycles. The van der Waals surface area contributed by atoms with Crippen LogP contribution in [0.25, 0.3) is 6.08 Å². The van der Waals surface area contributed by atoms with E-state index in [4.69, 9.17) is 19.9 Å². The standard InChI is InChI=1S/C13H19NO3/c1-15-11-8-10(6-4-5-7-14)9-12(16-2)13(11)17-3/h4,6,8-9H,5,7,14H2,1-3H3. The minimum atomic E-state index is 0.603. The maximum atomic E-state index is 5.43. The van der Waals surface area contributed by atoms with Crippen molar-refractivity contribution < 1.29 is 14.2 Å². The van der Waals surface area contributed by atoms with Crippen LogP contribution in [-0.2, 0) is 0 Å². The normalized spacial score (nSPS) is 10.6. The third-order valence-electron chi connectivity index (χ3n) is 2.33. The van der Waals surface area contributed by atoms with E-state index in [0.717, 1.165) is 12.0 Å². The lowest BCUT2D eigenvalue weighted by Gasteiger charge is -2.12. The highest BCUT2D eigenvalue weighted by atomic mass is 16.5. The first-order valence-corrected chi connectivity index (χ1v) is 5.43. The van der Waals surface area contributed by atoms with E-state index in [-0.39, 0.29) is 0 Å². The minimum Gasteiger partial charge on any atom is -0.493 e. The molecule has 0 spiro atoms. The van der Waals surface area contributed by atoms with Crippen molar-refractivity contribution in [3.8, 4) is 17.2 Å². The van der Waals surface area contributed by atoms with Gasteiger partial charge in [-0.1, -0.05) is 12.2 Å². The Morgan fingerprint density at radius 1 is 1.06 bits per heavy atom. The molecule has 1 aromatic rings. The molecule has 0 heterocycles. The maximum absolute atomic E-state index is 5.43. The fourth-order valence-electron chi connectivity index (χ4n) is 1.51. The molecule has 0 aliphatic heterocycles. The van der Waals surface area contributed by atoms with Gasteiger partial charge in [0.1, 0.15) is 0 Å². The van der Waals surface area contributed by atoms with E-state index in [1.165, 1.54) is 0 Å². The van der Waals surface area contributed by atoms with Crippen LogP contribution in [0.1, 0.15) is 12.0 Å². The molecule has 1 rings (SSSR count). The molecular weight excluding hydrogens is 218 g/mol. The van der Waals surface area contributed by atoms with Gasteiger partial charge in [0, 0.05) is 0 Å². The molecule has 0 fully saturated rings. The van der Waals surface area contributed by atoms with Crippen LogP contribution < -0.4 is 19.9 Å². The first-order chi connectivity index (χ1) is 8.26.